The topological polar surface area (TPSA) is 50.1 Å². The average Bonchev–Trinajstić information content (AvgIpc) is 2.41. The molecule has 18 heavy (non-hydrogen) atoms. The molecule has 0 amide bonds. The van der Waals surface area contributed by atoms with Crippen LogP contribution in [-0.4, -0.2) is 12.1 Å². The van der Waals surface area contributed by atoms with Gasteiger partial charge in [0.25, 0.3) is 0 Å². The lowest BCUT2D eigenvalue weighted by molar-refractivity contribution is 0.0210. The number of rotatable bonds is 3. The van der Waals surface area contributed by atoms with E-state index in [0.29, 0.717) is 5.56 Å². The second-order valence-corrected chi connectivity index (χ2v) is 4.66. The summed E-state index contributed by atoms with van der Waals surface area (Å²) in [6.07, 6.45) is 5.74. The van der Waals surface area contributed by atoms with Crippen LogP contribution in [0.4, 0.5) is 0 Å². The van der Waals surface area contributed by atoms with E-state index < -0.39 is 0 Å². The van der Waals surface area contributed by atoms with Crippen LogP contribution >= 0.6 is 0 Å². The number of nitrogens with zero attached hydrogens (tertiary/aromatic N) is 1. The maximum Gasteiger partial charge on any atom is 0.338 e. The Hall–Kier alpha value is -1.82. The SMILES string of the molecule is N#CCc1ccccc1C(=O)OC1CCCCC1. The van der Waals surface area contributed by atoms with Crippen LogP contribution < -0.4 is 0 Å². The van der Waals surface area contributed by atoms with Gasteiger partial charge in [0.1, 0.15) is 6.10 Å². The zero-order chi connectivity index (χ0) is 12.8. The summed E-state index contributed by atoms with van der Waals surface area (Å²) in [5.74, 6) is -0.284. The van der Waals surface area contributed by atoms with Gasteiger partial charge in [0.2, 0.25) is 0 Å². The zero-order valence-electron chi connectivity index (χ0n) is 10.4. The average molecular weight is 243 g/mol. The molecule has 94 valence electrons. The number of carbonyl (C=O) groups is 1. The van der Waals surface area contributed by atoms with Crippen molar-refractivity contribution >= 4 is 5.97 Å². The fourth-order valence-corrected chi connectivity index (χ4v) is 2.36. The lowest BCUT2D eigenvalue weighted by Crippen LogP contribution is -2.21. The Morgan fingerprint density at radius 1 is 1.28 bits per heavy atom. The molecule has 0 atom stereocenters. The third kappa shape index (κ3) is 3.10. The molecule has 1 aliphatic rings. The van der Waals surface area contributed by atoms with E-state index in [1.54, 1.807) is 18.2 Å². The molecule has 2 rings (SSSR count). The van der Waals surface area contributed by atoms with E-state index in [0.717, 1.165) is 31.2 Å². The molecule has 0 spiro atoms. The zero-order valence-corrected chi connectivity index (χ0v) is 10.4. The minimum Gasteiger partial charge on any atom is -0.459 e. The summed E-state index contributed by atoms with van der Waals surface area (Å²) in [6.45, 7) is 0. The Balaban J connectivity index is 2.06. The number of nitriles is 1. The van der Waals surface area contributed by atoms with Gasteiger partial charge in [0.05, 0.1) is 18.1 Å². The third-order valence-electron chi connectivity index (χ3n) is 3.33. The first kappa shape index (κ1) is 12.6. The van der Waals surface area contributed by atoms with Gasteiger partial charge in [0.15, 0.2) is 0 Å². The number of carbonyl (C=O) groups excluding carboxylic acids is 1. The summed E-state index contributed by atoms with van der Waals surface area (Å²) in [5, 5.41) is 8.75. The molecule has 1 aromatic rings. The van der Waals surface area contributed by atoms with Crippen LogP contribution in [0.25, 0.3) is 0 Å². The predicted molar refractivity (Wildman–Crippen MR) is 68.0 cm³/mol. The van der Waals surface area contributed by atoms with Gasteiger partial charge in [-0.1, -0.05) is 24.6 Å². The highest BCUT2D eigenvalue weighted by Gasteiger charge is 2.20. The predicted octanol–water partition coefficient (Wildman–Crippen LogP) is 3.24. The number of hydrogen-bond donors (Lipinski definition) is 0. The van der Waals surface area contributed by atoms with Crippen LogP contribution in [0, 0.1) is 11.3 Å². The fraction of sp³-hybridized carbons (Fsp3) is 0.467. The summed E-state index contributed by atoms with van der Waals surface area (Å²) in [6, 6.07) is 9.26. The van der Waals surface area contributed by atoms with E-state index in [2.05, 4.69) is 6.07 Å². The maximum absolute atomic E-state index is 12.1. The van der Waals surface area contributed by atoms with Crippen LogP contribution in [0.1, 0.15) is 48.0 Å². The van der Waals surface area contributed by atoms with Crippen molar-refractivity contribution in [3.8, 4) is 6.07 Å². The quantitative estimate of drug-likeness (QED) is 0.766. The highest BCUT2D eigenvalue weighted by atomic mass is 16.5. The molecular formula is C15H17NO2. The first-order chi connectivity index (χ1) is 8.81. The van der Waals surface area contributed by atoms with Crippen molar-refractivity contribution in [2.45, 2.75) is 44.6 Å². The largest absolute Gasteiger partial charge is 0.459 e. The van der Waals surface area contributed by atoms with Gasteiger partial charge in [-0.15, -0.1) is 0 Å². The minimum atomic E-state index is -0.284. The summed E-state index contributed by atoms with van der Waals surface area (Å²) < 4.78 is 5.52. The lowest BCUT2D eigenvalue weighted by atomic mass is 9.97. The van der Waals surface area contributed by atoms with E-state index in [1.165, 1.54) is 6.42 Å². The van der Waals surface area contributed by atoms with E-state index >= 15 is 0 Å². The molecule has 1 fully saturated rings. The van der Waals surface area contributed by atoms with E-state index in [1.807, 2.05) is 6.07 Å². The lowest BCUT2D eigenvalue weighted by Gasteiger charge is -2.22. The number of hydrogen-bond acceptors (Lipinski definition) is 3. The van der Waals surface area contributed by atoms with Gasteiger partial charge < -0.3 is 4.74 Å². The first-order valence-electron chi connectivity index (χ1n) is 6.47. The Labute approximate surface area is 107 Å². The molecular weight excluding hydrogens is 226 g/mol. The minimum absolute atomic E-state index is 0.0568. The number of ether oxygens (including phenoxy) is 1. The smallest absolute Gasteiger partial charge is 0.338 e. The summed E-state index contributed by atoms with van der Waals surface area (Å²) in [7, 11) is 0. The van der Waals surface area contributed by atoms with Crippen molar-refractivity contribution in [2.24, 2.45) is 0 Å². The molecule has 0 heterocycles. The molecule has 0 bridgehead atoms. The van der Waals surface area contributed by atoms with Gasteiger partial charge in [-0.2, -0.15) is 5.26 Å². The molecule has 1 saturated carbocycles. The second kappa shape index (κ2) is 6.20. The summed E-state index contributed by atoms with van der Waals surface area (Å²) >= 11 is 0. The molecule has 3 heteroatoms. The van der Waals surface area contributed by atoms with Gasteiger partial charge in [-0.05, 0) is 37.3 Å². The van der Waals surface area contributed by atoms with Crippen molar-refractivity contribution in [3.05, 3.63) is 35.4 Å². The molecule has 3 nitrogen and oxygen atoms in total. The van der Waals surface area contributed by atoms with Crippen LogP contribution in [-0.2, 0) is 11.2 Å². The molecule has 1 aliphatic carbocycles. The molecule has 1 aromatic carbocycles. The summed E-state index contributed by atoms with van der Waals surface area (Å²) in [4.78, 5) is 12.1. The number of benzene rings is 1. The van der Waals surface area contributed by atoms with Crippen molar-refractivity contribution in [2.75, 3.05) is 0 Å². The normalized spacial score (nSPS) is 15.9. The monoisotopic (exact) mass is 243 g/mol. The Bertz CT molecular complexity index is 456. The molecule has 0 unspecified atom stereocenters. The molecule has 0 N–H and O–H groups in total. The molecule has 0 aromatic heterocycles. The van der Waals surface area contributed by atoms with Gasteiger partial charge >= 0.3 is 5.97 Å². The number of esters is 1. The molecule has 0 radical (unpaired) electrons. The second-order valence-electron chi connectivity index (χ2n) is 4.66. The standard InChI is InChI=1S/C15H17NO2/c16-11-10-12-6-4-5-9-14(12)15(17)18-13-7-2-1-3-8-13/h4-6,9,13H,1-3,7-8,10H2. The third-order valence-corrected chi connectivity index (χ3v) is 3.33. The van der Waals surface area contributed by atoms with E-state index in [-0.39, 0.29) is 18.5 Å². The van der Waals surface area contributed by atoms with Gasteiger partial charge in [0, 0.05) is 0 Å². The Morgan fingerprint density at radius 2 is 2.00 bits per heavy atom. The highest BCUT2D eigenvalue weighted by molar-refractivity contribution is 5.91. The van der Waals surface area contributed by atoms with Crippen LogP contribution in [0.15, 0.2) is 24.3 Å². The molecule has 0 aliphatic heterocycles. The van der Waals surface area contributed by atoms with Crippen LogP contribution in [0.3, 0.4) is 0 Å². The van der Waals surface area contributed by atoms with Crippen molar-refractivity contribution < 1.29 is 9.53 Å². The van der Waals surface area contributed by atoms with Gasteiger partial charge in [-0.25, -0.2) is 4.79 Å². The van der Waals surface area contributed by atoms with Crippen molar-refractivity contribution in [3.63, 3.8) is 0 Å². The van der Waals surface area contributed by atoms with Crippen molar-refractivity contribution in [1.29, 1.82) is 5.26 Å². The first-order valence-corrected chi connectivity index (χ1v) is 6.47. The van der Waals surface area contributed by atoms with Crippen LogP contribution in [0.2, 0.25) is 0 Å². The highest BCUT2D eigenvalue weighted by Crippen LogP contribution is 2.22. The van der Waals surface area contributed by atoms with Crippen LogP contribution in [0.5, 0.6) is 0 Å². The molecule has 0 saturated heterocycles. The Morgan fingerprint density at radius 3 is 2.72 bits per heavy atom. The maximum atomic E-state index is 12.1. The van der Waals surface area contributed by atoms with Gasteiger partial charge in [-0.3, -0.25) is 0 Å². The van der Waals surface area contributed by atoms with E-state index in [4.69, 9.17) is 10.00 Å². The summed E-state index contributed by atoms with van der Waals surface area (Å²) in [5.41, 5.74) is 1.28. The Kier molecular flexibility index (Phi) is 4.35. The fourth-order valence-electron chi connectivity index (χ4n) is 2.36. The van der Waals surface area contributed by atoms with E-state index in [9.17, 15) is 4.79 Å². The van der Waals surface area contributed by atoms with Crippen molar-refractivity contribution in [1.82, 2.24) is 0 Å².